The second-order valence-electron chi connectivity index (χ2n) is 7.00. The Morgan fingerprint density at radius 1 is 1.35 bits per heavy atom. The van der Waals surface area contributed by atoms with Crippen LogP contribution in [0.3, 0.4) is 0 Å². The van der Waals surface area contributed by atoms with Crippen LogP contribution in [-0.4, -0.2) is 81.0 Å². The molecular weight excluding hydrogens is 309 g/mol. The van der Waals surface area contributed by atoms with E-state index < -0.39 is 12.7 Å². The Morgan fingerprint density at radius 3 is 2.83 bits per heavy atom. The van der Waals surface area contributed by atoms with Gasteiger partial charge >= 0.3 is 6.18 Å². The van der Waals surface area contributed by atoms with E-state index in [0.29, 0.717) is 13.1 Å². The average molecular weight is 334 g/mol. The molecule has 3 rings (SSSR count). The number of nitrogens with zero attached hydrogens (tertiary/aromatic N) is 3. The topological polar surface area (TPSA) is 40.1 Å². The summed E-state index contributed by atoms with van der Waals surface area (Å²) in [4.78, 5) is 8.02. The van der Waals surface area contributed by atoms with Crippen molar-refractivity contribution in [2.75, 3.05) is 53.0 Å². The summed E-state index contributed by atoms with van der Waals surface area (Å²) in [5, 5.41) is 3.36. The molecule has 8 heteroatoms. The van der Waals surface area contributed by atoms with Gasteiger partial charge in [-0.2, -0.15) is 13.2 Å². The number of hydrogen-bond acceptors (Lipinski definition) is 3. The molecule has 3 saturated heterocycles. The van der Waals surface area contributed by atoms with Crippen molar-refractivity contribution in [1.82, 2.24) is 15.1 Å². The maximum Gasteiger partial charge on any atom is 0.401 e. The molecular formula is C15H25F3N4O. The quantitative estimate of drug-likeness (QED) is 0.611. The minimum atomic E-state index is -4.12. The summed E-state index contributed by atoms with van der Waals surface area (Å²) in [7, 11) is 1.74. The lowest BCUT2D eigenvalue weighted by Crippen LogP contribution is -2.47. The highest BCUT2D eigenvalue weighted by molar-refractivity contribution is 5.80. The van der Waals surface area contributed by atoms with Crippen molar-refractivity contribution in [3.63, 3.8) is 0 Å². The lowest BCUT2D eigenvalue weighted by atomic mass is 9.87. The van der Waals surface area contributed by atoms with Gasteiger partial charge in [-0.25, -0.2) is 0 Å². The number of likely N-dealkylation sites (tertiary alicyclic amines) is 2. The molecule has 0 aliphatic carbocycles. The van der Waals surface area contributed by atoms with Crippen LogP contribution in [0.1, 0.15) is 19.3 Å². The molecule has 3 fully saturated rings. The molecule has 2 unspecified atom stereocenters. The Kier molecular flexibility index (Phi) is 4.73. The lowest BCUT2D eigenvalue weighted by molar-refractivity contribution is -0.143. The Balaban J connectivity index is 1.51. The predicted octanol–water partition coefficient (Wildman–Crippen LogP) is 1.31. The van der Waals surface area contributed by atoms with E-state index in [0.717, 1.165) is 51.5 Å². The van der Waals surface area contributed by atoms with Crippen molar-refractivity contribution >= 4 is 5.96 Å². The van der Waals surface area contributed by atoms with E-state index in [1.807, 2.05) is 0 Å². The van der Waals surface area contributed by atoms with Gasteiger partial charge in [0.25, 0.3) is 0 Å². The van der Waals surface area contributed by atoms with Gasteiger partial charge in [0.1, 0.15) is 0 Å². The SMILES string of the molecule is CN=C(NC1CCN(CC(F)(F)F)C1)N1CCC2(CCOC2)C1. The summed E-state index contributed by atoms with van der Waals surface area (Å²) < 4.78 is 43.0. The van der Waals surface area contributed by atoms with Crippen molar-refractivity contribution in [1.29, 1.82) is 0 Å². The zero-order valence-electron chi connectivity index (χ0n) is 13.5. The molecule has 0 aromatic carbocycles. The molecule has 0 bridgehead atoms. The maximum absolute atomic E-state index is 12.5. The highest BCUT2D eigenvalue weighted by atomic mass is 19.4. The second kappa shape index (κ2) is 6.47. The molecule has 0 aromatic rings. The molecule has 3 heterocycles. The standard InChI is InChI=1S/C15H25F3N4O/c1-19-13(22-6-3-14(9-22)4-7-23-11-14)20-12-2-5-21(8-12)10-15(16,17)18/h12H,2-11H2,1H3,(H,19,20). The molecule has 3 aliphatic heterocycles. The zero-order chi connectivity index (χ0) is 16.5. The average Bonchev–Trinajstić information content (AvgIpc) is 3.18. The molecule has 1 N–H and O–H groups in total. The third kappa shape index (κ3) is 4.09. The zero-order valence-corrected chi connectivity index (χ0v) is 13.5. The molecule has 0 radical (unpaired) electrons. The van der Waals surface area contributed by atoms with Crippen LogP contribution in [0, 0.1) is 5.41 Å². The fourth-order valence-electron chi connectivity index (χ4n) is 3.91. The Hall–Kier alpha value is -1.02. The normalized spacial score (nSPS) is 33.1. The van der Waals surface area contributed by atoms with E-state index in [2.05, 4.69) is 15.2 Å². The van der Waals surface area contributed by atoms with Crippen molar-refractivity contribution < 1.29 is 17.9 Å². The van der Waals surface area contributed by atoms with E-state index in [1.165, 1.54) is 4.90 Å². The largest absolute Gasteiger partial charge is 0.401 e. The Labute approximate surface area is 134 Å². The number of alkyl halides is 3. The van der Waals surface area contributed by atoms with Crippen molar-refractivity contribution in [3.8, 4) is 0 Å². The molecule has 23 heavy (non-hydrogen) atoms. The first-order valence-corrected chi connectivity index (χ1v) is 8.24. The highest BCUT2D eigenvalue weighted by Crippen LogP contribution is 2.38. The van der Waals surface area contributed by atoms with Crippen LogP contribution in [0.5, 0.6) is 0 Å². The molecule has 5 nitrogen and oxygen atoms in total. The summed E-state index contributed by atoms with van der Waals surface area (Å²) in [5.41, 5.74) is 0.246. The van der Waals surface area contributed by atoms with Crippen LogP contribution in [0.4, 0.5) is 13.2 Å². The van der Waals surface area contributed by atoms with Gasteiger partial charge in [0.05, 0.1) is 13.2 Å². The minimum Gasteiger partial charge on any atom is -0.381 e. The lowest BCUT2D eigenvalue weighted by Gasteiger charge is -2.27. The van der Waals surface area contributed by atoms with Crippen LogP contribution in [0.25, 0.3) is 0 Å². The summed E-state index contributed by atoms with van der Waals surface area (Å²) in [6.07, 6.45) is -1.22. The Bertz CT molecular complexity index is 448. The van der Waals surface area contributed by atoms with Crippen LogP contribution >= 0.6 is 0 Å². The van der Waals surface area contributed by atoms with Gasteiger partial charge in [-0.3, -0.25) is 9.89 Å². The molecule has 0 aromatic heterocycles. The van der Waals surface area contributed by atoms with Gasteiger partial charge in [0.2, 0.25) is 0 Å². The number of aliphatic imine (C=N–C) groups is 1. The van der Waals surface area contributed by atoms with Gasteiger partial charge in [0.15, 0.2) is 5.96 Å². The van der Waals surface area contributed by atoms with Crippen LogP contribution in [-0.2, 0) is 4.74 Å². The van der Waals surface area contributed by atoms with Crippen LogP contribution in [0.15, 0.2) is 4.99 Å². The third-order valence-corrected chi connectivity index (χ3v) is 5.14. The van der Waals surface area contributed by atoms with Gasteiger partial charge in [0, 0.05) is 51.3 Å². The predicted molar refractivity (Wildman–Crippen MR) is 81.5 cm³/mol. The first-order valence-electron chi connectivity index (χ1n) is 8.24. The molecule has 3 aliphatic rings. The number of nitrogens with one attached hydrogen (secondary N) is 1. The summed E-state index contributed by atoms with van der Waals surface area (Å²) in [6, 6.07) is 0.0347. The van der Waals surface area contributed by atoms with E-state index in [1.54, 1.807) is 7.05 Å². The van der Waals surface area contributed by atoms with E-state index in [9.17, 15) is 13.2 Å². The second-order valence-corrected chi connectivity index (χ2v) is 7.00. The summed E-state index contributed by atoms with van der Waals surface area (Å²) >= 11 is 0. The maximum atomic E-state index is 12.5. The van der Waals surface area contributed by atoms with E-state index in [4.69, 9.17) is 4.74 Å². The fourth-order valence-corrected chi connectivity index (χ4v) is 3.91. The van der Waals surface area contributed by atoms with Crippen LogP contribution in [0.2, 0.25) is 0 Å². The molecule has 1 spiro atoms. The monoisotopic (exact) mass is 334 g/mol. The van der Waals surface area contributed by atoms with Crippen LogP contribution < -0.4 is 5.32 Å². The number of ether oxygens (including phenoxy) is 1. The van der Waals surface area contributed by atoms with Gasteiger partial charge < -0.3 is 15.0 Å². The van der Waals surface area contributed by atoms with E-state index in [-0.39, 0.29) is 11.5 Å². The number of guanidine groups is 1. The fraction of sp³-hybridized carbons (Fsp3) is 0.933. The Morgan fingerprint density at radius 2 is 2.17 bits per heavy atom. The van der Waals surface area contributed by atoms with Crippen molar-refractivity contribution in [2.45, 2.75) is 31.5 Å². The molecule has 0 saturated carbocycles. The number of halogens is 3. The smallest absolute Gasteiger partial charge is 0.381 e. The van der Waals surface area contributed by atoms with Gasteiger partial charge in [-0.1, -0.05) is 0 Å². The minimum absolute atomic E-state index is 0.0347. The number of rotatable bonds is 2. The highest BCUT2D eigenvalue weighted by Gasteiger charge is 2.42. The third-order valence-electron chi connectivity index (χ3n) is 5.14. The molecule has 2 atom stereocenters. The number of hydrogen-bond donors (Lipinski definition) is 1. The van der Waals surface area contributed by atoms with Crippen molar-refractivity contribution in [3.05, 3.63) is 0 Å². The summed E-state index contributed by atoms with van der Waals surface area (Å²) in [5.74, 6) is 0.813. The first-order chi connectivity index (χ1) is 10.9. The van der Waals surface area contributed by atoms with Gasteiger partial charge in [-0.05, 0) is 19.3 Å². The van der Waals surface area contributed by atoms with E-state index >= 15 is 0 Å². The molecule has 132 valence electrons. The van der Waals surface area contributed by atoms with Crippen molar-refractivity contribution in [2.24, 2.45) is 10.4 Å². The summed E-state index contributed by atoms with van der Waals surface area (Å²) in [6.45, 7) is 3.56. The molecule has 0 amide bonds. The first kappa shape index (κ1) is 16.8. The van der Waals surface area contributed by atoms with Gasteiger partial charge in [-0.15, -0.1) is 0 Å².